The minimum atomic E-state index is -1.35. The molecule has 1 aliphatic rings. The fourth-order valence-electron chi connectivity index (χ4n) is 3.02. The summed E-state index contributed by atoms with van der Waals surface area (Å²) in [5, 5.41) is 12.6. The molecule has 1 saturated carbocycles. The summed E-state index contributed by atoms with van der Waals surface area (Å²) in [5.41, 5.74) is 11.0. The first-order valence-electron chi connectivity index (χ1n) is 8.52. The van der Waals surface area contributed by atoms with Gasteiger partial charge in [-0.25, -0.2) is 10.2 Å². The van der Waals surface area contributed by atoms with Gasteiger partial charge in [0, 0.05) is 15.3 Å². The minimum Gasteiger partial charge on any atom is -0.382 e. The molecule has 1 aliphatic carbocycles. The number of urea groups is 1. The zero-order chi connectivity index (χ0) is 18.2. The molecule has 25 heavy (non-hydrogen) atoms. The minimum absolute atomic E-state index is 0.461. The standard InChI is InChI=1S/C17H25IN4O3/c18-12-6-8-13(9-7-12)20-17(25)22-21-16(24)15(23)14(19)10-11-4-2-1-3-5-11/h6-9,11,14-15,23H,1-5,10,19H2,(H,21,24)(H2,20,22,25). The van der Waals surface area contributed by atoms with Gasteiger partial charge in [-0.1, -0.05) is 32.1 Å². The Kier molecular flexibility index (Phi) is 7.91. The Hall–Kier alpha value is -1.39. The SMILES string of the molecule is NC(CC1CCCCC1)C(O)C(=O)NNC(=O)Nc1ccc(I)cc1. The summed E-state index contributed by atoms with van der Waals surface area (Å²) in [4.78, 5) is 23.7. The Balaban J connectivity index is 1.72. The third kappa shape index (κ3) is 6.79. The average Bonchev–Trinajstić information content (AvgIpc) is 2.61. The van der Waals surface area contributed by atoms with E-state index in [-0.39, 0.29) is 0 Å². The number of rotatable bonds is 5. The second kappa shape index (κ2) is 9.93. The molecule has 0 aliphatic heterocycles. The molecule has 1 aromatic carbocycles. The van der Waals surface area contributed by atoms with E-state index in [9.17, 15) is 14.7 Å². The molecular weight excluding hydrogens is 435 g/mol. The first-order chi connectivity index (χ1) is 12.0. The number of carbonyl (C=O) groups is 2. The predicted molar refractivity (Wildman–Crippen MR) is 105 cm³/mol. The molecule has 8 heteroatoms. The number of aliphatic hydroxyl groups is 1. The lowest BCUT2D eigenvalue weighted by Crippen LogP contribution is -2.53. The van der Waals surface area contributed by atoms with E-state index < -0.39 is 24.1 Å². The molecule has 0 spiro atoms. The van der Waals surface area contributed by atoms with Crippen molar-refractivity contribution in [1.29, 1.82) is 0 Å². The summed E-state index contributed by atoms with van der Waals surface area (Å²) >= 11 is 2.16. The highest BCUT2D eigenvalue weighted by Crippen LogP contribution is 2.27. The van der Waals surface area contributed by atoms with Crippen LogP contribution in [-0.4, -0.2) is 29.2 Å². The molecule has 2 rings (SSSR count). The number of aliphatic hydroxyl groups excluding tert-OH is 1. The van der Waals surface area contributed by atoms with Crippen LogP contribution in [0.1, 0.15) is 38.5 Å². The molecule has 0 saturated heterocycles. The van der Waals surface area contributed by atoms with Crippen molar-refractivity contribution in [3.63, 3.8) is 0 Å². The van der Waals surface area contributed by atoms with Crippen molar-refractivity contribution in [3.05, 3.63) is 27.8 Å². The fourth-order valence-corrected chi connectivity index (χ4v) is 3.38. The van der Waals surface area contributed by atoms with E-state index in [1.165, 1.54) is 19.3 Å². The third-order valence-corrected chi connectivity index (χ3v) is 5.12. The van der Waals surface area contributed by atoms with Gasteiger partial charge in [-0.2, -0.15) is 0 Å². The largest absolute Gasteiger partial charge is 0.382 e. The zero-order valence-corrected chi connectivity index (χ0v) is 16.2. The number of anilines is 1. The molecule has 138 valence electrons. The Morgan fingerprint density at radius 1 is 1.16 bits per heavy atom. The van der Waals surface area contributed by atoms with Crippen molar-refractivity contribution in [2.45, 2.75) is 50.7 Å². The quantitative estimate of drug-likeness (QED) is 0.342. The normalized spacial score (nSPS) is 17.4. The van der Waals surface area contributed by atoms with Crippen LogP contribution in [0.25, 0.3) is 0 Å². The van der Waals surface area contributed by atoms with Crippen LogP contribution < -0.4 is 21.9 Å². The van der Waals surface area contributed by atoms with E-state index in [1.54, 1.807) is 12.1 Å². The van der Waals surface area contributed by atoms with Gasteiger partial charge in [-0.3, -0.25) is 10.2 Å². The van der Waals surface area contributed by atoms with Crippen LogP contribution in [0.15, 0.2) is 24.3 Å². The molecule has 1 fully saturated rings. The van der Waals surface area contributed by atoms with Gasteiger partial charge in [-0.05, 0) is 59.2 Å². The smallest absolute Gasteiger partial charge is 0.337 e. The lowest BCUT2D eigenvalue weighted by atomic mass is 9.84. The monoisotopic (exact) mass is 460 g/mol. The van der Waals surface area contributed by atoms with Crippen LogP contribution in [0.5, 0.6) is 0 Å². The number of hydrogen-bond acceptors (Lipinski definition) is 4. The van der Waals surface area contributed by atoms with Gasteiger partial charge < -0.3 is 16.2 Å². The fraction of sp³-hybridized carbons (Fsp3) is 0.529. The first kappa shape index (κ1) is 19.9. The van der Waals surface area contributed by atoms with Gasteiger partial charge in [0.1, 0.15) is 6.10 Å². The Bertz CT molecular complexity index is 576. The van der Waals surface area contributed by atoms with Crippen molar-refractivity contribution < 1.29 is 14.7 Å². The third-order valence-electron chi connectivity index (χ3n) is 4.41. The van der Waals surface area contributed by atoms with Gasteiger partial charge in [0.2, 0.25) is 0 Å². The lowest BCUT2D eigenvalue weighted by molar-refractivity contribution is -0.131. The molecule has 7 nitrogen and oxygen atoms in total. The maximum absolute atomic E-state index is 11.9. The molecular formula is C17H25IN4O3. The van der Waals surface area contributed by atoms with E-state index in [1.807, 2.05) is 12.1 Å². The topological polar surface area (TPSA) is 116 Å². The number of benzene rings is 1. The van der Waals surface area contributed by atoms with Crippen LogP contribution >= 0.6 is 22.6 Å². The van der Waals surface area contributed by atoms with Gasteiger partial charge in [0.15, 0.2) is 0 Å². The molecule has 0 bridgehead atoms. The van der Waals surface area contributed by atoms with Gasteiger partial charge in [-0.15, -0.1) is 0 Å². The number of amides is 3. The molecule has 0 radical (unpaired) electrons. The highest BCUT2D eigenvalue weighted by Gasteiger charge is 2.26. The Morgan fingerprint density at radius 3 is 2.44 bits per heavy atom. The summed E-state index contributed by atoms with van der Waals surface area (Å²) in [5.74, 6) is -0.246. The molecule has 1 aromatic rings. The van der Waals surface area contributed by atoms with Crippen molar-refractivity contribution in [3.8, 4) is 0 Å². The van der Waals surface area contributed by atoms with E-state index >= 15 is 0 Å². The summed E-state index contributed by atoms with van der Waals surface area (Å²) < 4.78 is 1.05. The van der Waals surface area contributed by atoms with Crippen molar-refractivity contribution in [1.82, 2.24) is 10.9 Å². The second-order valence-corrected chi connectivity index (χ2v) is 7.67. The van der Waals surface area contributed by atoms with E-state index in [0.29, 0.717) is 18.0 Å². The highest BCUT2D eigenvalue weighted by molar-refractivity contribution is 14.1. The number of nitrogens with two attached hydrogens (primary N) is 1. The summed E-state index contributed by atoms with van der Waals surface area (Å²) in [7, 11) is 0. The highest BCUT2D eigenvalue weighted by atomic mass is 127. The summed E-state index contributed by atoms with van der Waals surface area (Å²) in [6.45, 7) is 0. The maximum Gasteiger partial charge on any atom is 0.337 e. The van der Waals surface area contributed by atoms with Crippen LogP contribution in [-0.2, 0) is 4.79 Å². The predicted octanol–water partition coefficient (Wildman–Crippen LogP) is 2.10. The van der Waals surface area contributed by atoms with Crippen LogP contribution in [0, 0.1) is 9.49 Å². The van der Waals surface area contributed by atoms with Gasteiger partial charge in [0.05, 0.1) is 0 Å². The zero-order valence-electron chi connectivity index (χ0n) is 14.0. The molecule has 2 unspecified atom stereocenters. The van der Waals surface area contributed by atoms with Gasteiger partial charge >= 0.3 is 6.03 Å². The van der Waals surface area contributed by atoms with Crippen molar-refractivity contribution in [2.24, 2.45) is 11.7 Å². The molecule has 6 N–H and O–H groups in total. The van der Waals surface area contributed by atoms with E-state index in [2.05, 4.69) is 38.8 Å². The first-order valence-corrected chi connectivity index (χ1v) is 9.59. The average molecular weight is 460 g/mol. The molecule has 0 heterocycles. The van der Waals surface area contributed by atoms with Crippen molar-refractivity contribution >= 4 is 40.2 Å². The van der Waals surface area contributed by atoms with Crippen molar-refractivity contribution in [2.75, 3.05) is 5.32 Å². The second-order valence-electron chi connectivity index (χ2n) is 6.42. The summed E-state index contributed by atoms with van der Waals surface area (Å²) in [6, 6.07) is 5.97. The number of carbonyl (C=O) groups excluding carboxylic acids is 2. The number of nitrogens with one attached hydrogen (secondary N) is 3. The summed E-state index contributed by atoms with van der Waals surface area (Å²) in [6.07, 6.45) is 5.07. The maximum atomic E-state index is 11.9. The van der Waals surface area contributed by atoms with Crippen LogP contribution in [0.2, 0.25) is 0 Å². The lowest BCUT2D eigenvalue weighted by Gasteiger charge is -2.26. The number of hydrogen-bond donors (Lipinski definition) is 5. The number of halogens is 1. The Morgan fingerprint density at radius 2 is 1.80 bits per heavy atom. The molecule has 0 aromatic heterocycles. The van der Waals surface area contributed by atoms with Crippen LogP contribution in [0.4, 0.5) is 10.5 Å². The Labute approximate surface area is 161 Å². The van der Waals surface area contributed by atoms with E-state index in [0.717, 1.165) is 16.4 Å². The van der Waals surface area contributed by atoms with Gasteiger partial charge in [0.25, 0.3) is 5.91 Å². The van der Waals surface area contributed by atoms with E-state index in [4.69, 9.17) is 5.73 Å². The molecule has 3 amide bonds. The van der Waals surface area contributed by atoms with Crippen LogP contribution in [0.3, 0.4) is 0 Å². The molecule has 2 atom stereocenters. The number of hydrazine groups is 1.